The Labute approximate surface area is 392 Å². The molecule has 2 aliphatic carbocycles. The molecule has 352 valence electrons. The number of rotatable bonds is 22. The van der Waals surface area contributed by atoms with E-state index >= 15 is 0 Å². The third-order valence-corrected chi connectivity index (χ3v) is 13.1. The molecular formula is C45H67ClN10O6S2. The lowest BCUT2D eigenvalue weighted by Gasteiger charge is -2.28. The molecule has 2 atom stereocenters. The number of anilines is 4. The monoisotopic (exact) mass is 942 g/mol. The predicted octanol–water partition coefficient (Wildman–Crippen LogP) is 9.75. The molecule has 0 radical (unpaired) electrons. The van der Waals surface area contributed by atoms with E-state index in [1.165, 1.54) is 53.2 Å². The van der Waals surface area contributed by atoms with Gasteiger partial charge in [0.2, 0.25) is 11.8 Å². The van der Waals surface area contributed by atoms with Gasteiger partial charge in [0.15, 0.2) is 16.0 Å². The SMILES string of the molecule is CCc1nc(Nc2ncc(C3CCC3)s2)cc(OCCCC(=O)[C@H](C)N(C)C(=O)OC(C)(C)C)n1.CCc1nc(Nc2ncc(C3CCC3)s2)cc(OCCCC(=O)[C@H](C)NC)n1.Cl. The van der Waals surface area contributed by atoms with Gasteiger partial charge in [0.05, 0.1) is 25.3 Å². The second-order valence-corrected chi connectivity index (χ2v) is 19.1. The first kappa shape index (κ1) is 52.1. The van der Waals surface area contributed by atoms with Gasteiger partial charge in [-0.15, -0.1) is 35.1 Å². The van der Waals surface area contributed by atoms with E-state index in [0.717, 1.165) is 22.5 Å². The molecule has 0 aliphatic heterocycles. The van der Waals surface area contributed by atoms with Crippen molar-refractivity contribution in [2.75, 3.05) is 37.9 Å². The molecule has 19 heteroatoms. The Hall–Kier alpha value is -4.52. The Bertz CT molecular complexity index is 2110. The number of carbonyl (C=O) groups excluding carboxylic acids is 3. The summed E-state index contributed by atoms with van der Waals surface area (Å²) in [6.45, 7) is 13.7. The summed E-state index contributed by atoms with van der Waals surface area (Å²) < 4.78 is 17.0. The number of amides is 1. The number of halogens is 1. The topological polar surface area (TPSA) is 196 Å². The predicted molar refractivity (Wildman–Crippen MR) is 255 cm³/mol. The summed E-state index contributed by atoms with van der Waals surface area (Å²) in [5.41, 5.74) is -0.608. The first-order valence-electron chi connectivity index (χ1n) is 22.3. The number of carbonyl (C=O) groups is 3. The number of ketones is 2. The minimum atomic E-state index is -0.608. The Balaban J connectivity index is 0.000000283. The van der Waals surface area contributed by atoms with Gasteiger partial charge >= 0.3 is 6.09 Å². The van der Waals surface area contributed by atoms with Gasteiger partial charge < -0.3 is 35.1 Å². The molecule has 4 aromatic rings. The number of thiazole rings is 2. The van der Waals surface area contributed by atoms with Crippen molar-refractivity contribution in [3.63, 3.8) is 0 Å². The summed E-state index contributed by atoms with van der Waals surface area (Å²) >= 11 is 3.36. The van der Waals surface area contributed by atoms with Crippen LogP contribution < -0.4 is 25.4 Å². The number of ether oxygens (including phenoxy) is 3. The van der Waals surface area contributed by atoms with Crippen molar-refractivity contribution in [2.45, 2.75) is 155 Å². The van der Waals surface area contributed by atoms with E-state index < -0.39 is 17.7 Å². The normalized spacial score (nSPS) is 14.6. The number of hydrogen-bond acceptors (Lipinski definition) is 17. The molecule has 6 rings (SSSR count). The molecule has 4 aromatic heterocycles. The molecule has 2 fully saturated rings. The Morgan fingerprint density at radius 2 is 1.22 bits per heavy atom. The lowest BCUT2D eigenvalue weighted by atomic mass is 9.85. The average Bonchev–Trinajstić information content (AvgIpc) is 3.87. The maximum absolute atomic E-state index is 12.6. The fourth-order valence-electron chi connectivity index (χ4n) is 6.35. The molecule has 2 aliphatic rings. The molecule has 64 heavy (non-hydrogen) atoms. The van der Waals surface area contributed by atoms with Crippen molar-refractivity contribution in [2.24, 2.45) is 0 Å². The number of Topliss-reactive ketones (excluding diaryl/α,β-unsaturated/α-hetero) is 2. The van der Waals surface area contributed by atoms with Gasteiger partial charge in [-0.05, 0) is 92.0 Å². The number of nitrogens with one attached hydrogen (secondary N) is 3. The number of hydrogen-bond donors (Lipinski definition) is 3. The summed E-state index contributed by atoms with van der Waals surface area (Å²) in [7, 11) is 3.37. The van der Waals surface area contributed by atoms with Crippen LogP contribution in [0.15, 0.2) is 24.5 Å². The van der Waals surface area contributed by atoms with E-state index in [-0.39, 0.29) is 36.4 Å². The van der Waals surface area contributed by atoms with Gasteiger partial charge in [-0.1, -0.05) is 26.7 Å². The van der Waals surface area contributed by atoms with Gasteiger partial charge in [0.25, 0.3) is 0 Å². The van der Waals surface area contributed by atoms with E-state index in [4.69, 9.17) is 14.2 Å². The quantitative estimate of drug-likeness (QED) is 0.0630. The van der Waals surface area contributed by atoms with Gasteiger partial charge in [-0.3, -0.25) is 9.59 Å². The van der Waals surface area contributed by atoms with Crippen molar-refractivity contribution in [1.82, 2.24) is 40.1 Å². The third kappa shape index (κ3) is 16.2. The van der Waals surface area contributed by atoms with Crippen molar-refractivity contribution in [3.8, 4) is 11.8 Å². The van der Waals surface area contributed by atoms with Gasteiger partial charge in [0.1, 0.15) is 34.7 Å². The largest absolute Gasteiger partial charge is 0.478 e. The lowest BCUT2D eigenvalue weighted by molar-refractivity contribution is -0.123. The van der Waals surface area contributed by atoms with E-state index in [1.54, 1.807) is 76.6 Å². The molecule has 0 spiro atoms. The number of aromatic nitrogens is 6. The van der Waals surface area contributed by atoms with Gasteiger partial charge in [-0.25, -0.2) is 24.7 Å². The second kappa shape index (κ2) is 25.2. The Kier molecular flexibility index (Phi) is 20.6. The summed E-state index contributed by atoms with van der Waals surface area (Å²) in [5, 5.41) is 11.2. The highest BCUT2D eigenvalue weighted by Gasteiger charge is 2.27. The van der Waals surface area contributed by atoms with Crippen LogP contribution in [0.25, 0.3) is 0 Å². The standard InChI is InChI=1S/C25H37N5O4S.C20H29N5O2S.ClH/c1-7-20-27-21(29-23-26-15-19(35-23)17-10-8-11-17)14-22(28-20)33-13-9-12-18(31)16(2)30(6)24(32)34-25(3,4)5;1-4-17-23-18(25-20-22-12-16(28-20)14-7-5-8-14)11-19(24-17)27-10-6-9-15(26)13(2)21-3;/h14-17H,7-13H2,1-6H3,(H,26,27,28,29);11-14,21H,4-10H2,1-3H3,(H,22,23,24,25);1H/t16-;13-;/m00./s1. The maximum Gasteiger partial charge on any atom is 0.410 e. The Morgan fingerprint density at radius 3 is 1.61 bits per heavy atom. The van der Waals surface area contributed by atoms with Crippen molar-refractivity contribution >= 4 is 74.6 Å². The number of likely N-dealkylation sites (N-methyl/N-ethyl adjacent to an activating group) is 2. The summed E-state index contributed by atoms with van der Waals surface area (Å²) in [6.07, 6.45) is 14.4. The van der Waals surface area contributed by atoms with Gasteiger partial charge in [-0.2, -0.15) is 9.97 Å². The smallest absolute Gasteiger partial charge is 0.410 e. The van der Waals surface area contributed by atoms with Crippen molar-refractivity contribution in [3.05, 3.63) is 45.9 Å². The molecular weight excluding hydrogens is 876 g/mol. The van der Waals surface area contributed by atoms with Crippen LogP contribution in [0.4, 0.5) is 26.7 Å². The summed E-state index contributed by atoms with van der Waals surface area (Å²) in [4.78, 5) is 67.5. The fraction of sp³-hybridized carbons (Fsp3) is 0.622. The van der Waals surface area contributed by atoms with E-state index in [9.17, 15) is 14.4 Å². The Morgan fingerprint density at radius 1 is 0.766 bits per heavy atom. The molecule has 0 bridgehead atoms. The molecule has 3 N–H and O–H groups in total. The number of nitrogens with zero attached hydrogens (tertiary/aromatic N) is 7. The zero-order valence-electron chi connectivity index (χ0n) is 38.8. The molecule has 2 saturated carbocycles. The van der Waals surface area contributed by atoms with Crippen LogP contribution in [-0.2, 0) is 27.2 Å². The van der Waals surface area contributed by atoms with Crippen LogP contribution >= 0.6 is 35.1 Å². The molecule has 4 heterocycles. The van der Waals surface area contributed by atoms with Crippen LogP contribution in [-0.4, -0.2) is 97.5 Å². The minimum Gasteiger partial charge on any atom is -0.478 e. The highest BCUT2D eigenvalue weighted by atomic mass is 35.5. The third-order valence-electron chi connectivity index (χ3n) is 10.9. The van der Waals surface area contributed by atoms with E-state index in [2.05, 4.69) is 45.9 Å². The molecule has 0 aromatic carbocycles. The highest BCUT2D eigenvalue weighted by Crippen LogP contribution is 2.41. The van der Waals surface area contributed by atoms with E-state index in [0.29, 0.717) is 80.0 Å². The average molecular weight is 944 g/mol. The zero-order chi connectivity index (χ0) is 45.5. The highest BCUT2D eigenvalue weighted by molar-refractivity contribution is 7.16. The van der Waals surface area contributed by atoms with Crippen LogP contribution in [0.2, 0.25) is 0 Å². The lowest BCUT2D eigenvalue weighted by Crippen LogP contribution is -2.43. The zero-order valence-corrected chi connectivity index (χ0v) is 41.3. The molecule has 16 nitrogen and oxygen atoms in total. The minimum absolute atomic E-state index is 0. The van der Waals surface area contributed by atoms with Crippen molar-refractivity contribution in [1.29, 1.82) is 0 Å². The van der Waals surface area contributed by atoms with E-state index in [1.807, 2.05) is 33.2 Å². The summed E-state index contributed by atoms with van der Waals surface area (Å²) in [5.74, 6) is 5.18. The van der Waals surface area contributed by atoms with Crippen molar-refractivity contribution < 1.29 is 28.6 Å². The van der Waals surface area contributed by atoms with Crippen LogP contribution in [0.5, 0.6) is 11.8 Å². The molecule has 0 saturated heterocycles. The van der Waals surface area contributed by atoms with Crippen LogP contribution in [0, 0.1) is 0 Å². The second-order valence-electron chi connectivity index (χ2n) is 17.0. The first-order valence-corrected chi connectivity index (χ1v) is 23.9. The maximum atomic E-state index is 12.6. The molecule has 0 unspecified atom stereocenters. The van der Waals surface area contributed by atoms with Crippen LogP contribution in [0.3, 0.4) is 0 Å². The number of aryl methyl sites for hydroxylation is 2. The fourth-order valence-corrected chi connectivity index (χ4v) is 8.33. The van der Waals surface area contributed by atoms with Crippen LogP contribution in [0.1, 0.15) is 146 Å². The summed E-state index contributed by atoms with van der Waals surface area (Å²) in [6, 6.07) is 2.85. The molecule has 1 amide bonds. The first-order chi connectivity index (χ1) is 30.1. The van der Waals surface area contributed by atoms with Gasteiger partial charge in [0, 0.05) is 67.0 Å².